The smallest absolute Gasteiger partial charge is 0.337 e. The van der Waals surface area contributed by atoms with Gasteiger partial charge in [-0.05, 0) is 30.3 Å². The van der Waals surface area contributed by atoms with Crippen molar-refractivity contribution in [1.82, 2.24) is 0 Å². The summed E-state index contributed by atoms with van der Waals surface area (Å²) in [5.74, 6) is 0.898. The van der Waals surface area contributed by atoms with Crippen molar-refractivity contribution >= 4 is 17.6 Å². The Kier molecular flexibility index (Phi) is 4.69. The van der Waals surface area contributed by atoms with Crippen molar-refractivity contribution < 1.29 is 23.7 Å². The molecule has 0 unspecified atom stereocenters. The highest BCUT2D eigenvalue weighted by atomic mass is 35.5. The van der Waals surface area contributed by atoms with Crippen molar-refractivity contribution in [2.75, 3.05) is 13.9 Å². The van der Waals surface area contributed by atoms with E-state index in [1.54, 1.807) is 30.3 Å². The SMILES string of the molecule is COC(=O)c1cccc(OCc2cc(Cl)cc3c2OCOC3)c1. The van der Waals surface area contributed by atoms with Crippen LogP contribution in [0, 0.1) is 0 Å². The fourth-order valence-corrected chi connectivity index (χ4v) is 2.62. The van der Waals surface area contributed by atoms with Gasteiger partial charge in [-0.25, -0.2) is 4.79 Å². The maximum Gasteiger partial charge on any atom is 0.337 e. The van der Waals surface area contributed by atoms with E-state index in [9.17, 15) is 4.79 Å². The number of fused-ring (bicyclic) bond motifs is 1. The van der Waals surface area contributed by atoms with E-state index < -0.39 is 5.97 Å². The van der Waals surface area contributed by atoms with E-state index in [0.29, 0.717) is 22.9 Å². The number of ether oxygens (including phenoxy) is 4. The maximum atomic E-state index is 11.5. The summed E-state index contributed by atoms with van der Waals surface area (Å²) in [6.45, 7) is 0.938. The highest BCUT2D eigenvalue weighted by Crippen LogP contribution is 2.32. The third kappa shape index (κ3) is 3.57. The van der Waals surface area contributed by atoms with Crippen LogP contribution >= 0.6 is 11.6 Å². The number of carbonyl (C=O) groups is 1. The minimum atomic E-state index is -0.406. The van der Waals surface area contributed by atoms with E-state index in [1.807, 2.05) is 6.07 Å². The minimum Gasteiger partial charge on any atom is -0.489 e. The Morgan fingerprint density at radius 1 is 1.30 bits per heavy atom. The first-order valence-corrected chi connectivity index (χ1v) is 7.38. The van der Waals surface area contributed by atoms with Crippen LogP contribution in [0.25, 0.3) is 0 Å². The number of halogens is 1. The summed E-state index contributed by atoms with van der Waals surface area (Å²) in [5, 5.41) is 0.597. The van der Waals surface area contributed by atoms with Gasteiger partial charge in [-0.15, -0.1) is 0 Å². The predicted octanol–water partition coefficient (Wildman–Crippen LogP) is 3.57. The van der Waals surface area contributed by atoms with Crippen molar-refractivity contribution in [2.45, 2.75) is 13.2 Å². The monoisotopic (exact) mass is 334 g/mol. The molecule has 6 heteroatoms. The average molecular weight is 335 g/mol. The third-order valence-corrected chi connectivity index (χ3v) is 3.62. The number of hydrogen-bond acceptors (Lipinski definition) is 5. The summed E-state index contributed by atoms with van der Waals surface area (Å²) >= 11 is 6.12. The first-order chi connectivity index (χ1) is 11.2. The lowest BCUT2D eigenvalue weighted by atomic mass is 10.1. The molecule has 0 atom stereocenters. The van der Waals surface area contributed by atoms with Crippen LogP contribution in [0.15, 0.2) is 36.4 Å². The van der Waals surface area contributed by atoms with Crippen LogP contribution in [0.4, 0.5) is 0 Å². The largest absolute Gasteiger partial charge is 0.489 e. The molecule has 0 amide bonds. The van der Waals surface area contributed by atoms with Crippen LogP contribution in [0.5, 0.6) is 11.5 Å². The quantitative estimate of drug-likeness (QED) is 0.800. The molecule has 0 spiro atoms. The Labute approximate surface area is 138 Å². The van der Waals surface area contributed by atoms with Gasteiger partial charge in [0.05, 0.1) is 19.3 Å². The lowest BCUT2D eigenvalue weighted by Crippen LogP contribution is -2.14. The topological polar surface area (TPSA) is 54.0 Å². The molecule has 0 aromatic heterocycles. The van der Waals surface area contributed by atoms with Crippen molar-refractivity contribution in [2.24, 2.45) is 0 Å². The van der Waals surface area contributed by atoms with E-state index in [1.165, 1.54) is 7.11 Å². The van der Waals surface area contributed by atoms with E-state index in [0.717, 1.165) is 16.9 Å². The first kappa shape index (κ1) is 15.6. The summed E-state index contributed by atoms with van der Waals surface area (Å²) in [4.78, 5) is 11.5. The van der Waals surface area contributed by atoms with E-state index in [4.69, 9.17) is 30.5 Å². The van der Waals surface area contributed by atoms with Crippen LogP contribution in [0.2, 0.25) is 5.02 Å². The van der Waals surface area contributed by atoms with Crippen LogP contribution in [-0.4, -0.2) is 19.9 Å². The second kappa shape index (κ2) is 6.89. The fraction of sp³-hybridized carbons (Fsp3) is 0.235. The Morgan fingerprint density at radius 2 is 2.17 bits per heavy atom. The molecule has 120 valence electrons. The highest BCUT2D eigenvalue weighted by Gasteiger charge is 2.17. The molecule has 1 aliphatic heterocycles. The Balaban J connectivity index is 1.79. The zero-order valence-electron chi connectivity index (χ0n) is 12.5. The van der Waals surface area contributed by atoms with Crippen LogP contribution in [0.1, 0.15) is 21.5 Å². The molecule has 2 aromatic carbocycles. The minimum absolute atomic E-state index is 0.208. The van der Waals surface area contributed by atoms with Gasteiger partial charge < -0.3 is 18.9 Å². The molecule has 2 aromatic rings. The molecule has 3 rings (SSSR count). The zero-order chi connectivity index (χ0) is 16.2. The van der Waals surface area contributed by atoms with Gasteiger partial charge in [-0.3, -0.25) is 0 Å². The Morgan fingerprint density at radius 3 is 3.00 bits per heavy atom. The van der Waals surface area contributed by atoms with E-state index in [2.05, 4.69) is 0 Å². The second-order valence-corrected chi connectivity index (χ2v) is 5.41. The Hall–Kier alpha value is -2.24. The Bertz CT molecular complexity index is 729. The van der Waals surface area contributed by atoms with Gasteiger partial charge in [0.25, 0.3) is 0 Å². The average Bonchev–Trinajstić information content (AvgIpc) is 2.59. The fourth-order valence-electron chi connectivity index (χ4n) is 2.36. The number of benzene rings is 2. The molecule has 5 nitrogen and oxygen atoms in total. The summed E-state index contributed by atoms with van der Waals surface area (Å²) in [7, 11) is 1.34. The number of carbonyl (C=O) groups excluding carboxylic acids is 1. The predicted molar refractivity (Wildman–Crippen MR) is 83.8 cm³/mol. The van der Waals surface area contributed by atoms with E-state index >= 15 is 0 Å². The van der Waals surface area contributed by atoms with Gasteiger partial charge in [-0.2, -0.15) is 0 Å². The van der Waals surface area contributed by atoms with Crippen molar-refractivity contribution in [3.05, 3.63) is 58.1 Å². The molecular weight excluding hydrogens is 320 g/mol. The van der Waals surface area contributed by atoms with Crippen molar-refractivity contribution in [3.63, 3.8) is 0 Å². The molecule has 0 radical (unpaired) electrons. The molecular formula is C17H15ClO5. The van der Waals surface area contributed by atoms with Gasteiger partial charge in [0, 0.05) is 16.1 Å². The third-order valence-electron chi connectivity index (χ3n) is 3.40. The standard InChI is InChI=1S/C17H15ClO5/c1-20-17(19)11-3-2-4-15(7-11)22-9-13-6-14(18)5-12-8-21-10-23-16(12)13/h2-7H,8-10H2,1H3. The summed E-state index contributed by atoms with van der Waals surface area (Å²) in [5.41, 5.74) is 2.16. The molecule has 1 heterocycles. The summed E-state index contributed by atoms with van der Waals surface area (Å²) in [6, 6.07) is 10.4. The summed E-state index contributed by atoms with van der Waals surface area (Å²) in [6.07, 6.45) is 0. The molecule has 0 saturated carbocycles. The van der Waals surface area contributed by atoms with Gasteiger partial charge in [0.15, 0.2) is 6.79 Å². The van der Waals surface area contributed by atoms with Crippen LogP contribution in [-0.2, 0) is 22.7 Å². The van der Waals surface area contributed by atoms with Crippen molar-refractivity contribution in [3.8, 4) is 11.5 Å². The van der Waals surface area contributed by atoms with Gasteiger partial charge in [0.1, 0.15) is 18.1 Å². The number of methoxy groups -OCH3 is 1. The van der Waals surface area contributed by atoms with Crippen LogP contribution < -0.4 is 9.47 Å². The highest BCUT2D eigenvalue weighted by molar-refractivity contribution is 6.30. The first-order valence-electron chi connectivity index (χ1n) is 7.00. The van der Waals surface area contributed by atoms with Crippen molar-refractivity contribution in [1.29, 1.82) is 0 Å². The van der Waals surface area contributed by atoms with Gasteiger partial charge in [0.2, 0.25) is 0 Å². The number of hydrogen-bond donors (Lipinski definition) is 0. The van der Waals surface area contributed by atoms with E-state index in [-0.39, 0.29) is 13.4 Å². The normalized spacial score (nSPS) is 13.0. The summed E-state index contributed by atoms with van der Waals surface area (Å²) < 4.78 is 21.3. The second-order valence-electron chi connectivity index (χ2n) is 4.97. The molecule has 0 N–H and O–H groups in total. The zero-order valence-corrected chi connectivity index (χ0v) is 13.3. The van der Waals surface area contributed by atoms with Crippen LogP contribution in [0.3, 0.4) is 0 Å². The van der Waals surface area contributed by atoms with Gasteiger partial charge in [-0.1, -0.05) is 17.7 Å². The number of rotatable bonds is 4. The lowest BCUT2D eigenvalue weighted by molar-refractivity contribution is -0.0175. The molecule has 23 heavy (non-hydrogen) atoms. The van der Waals surface area contributed by atoms with Gasteiger partial charge >= 0.3 is 5.97 Å². The number of esters is 1. The molecule has 0 fully saturated rings. The maximum absolute atomic E-state index is 11.5. The lowest BCUT2D eigenvalue weighted by Gasteiger charge is -2.21. The molecule has 0 bridgehead atoms. The molecule has 0 saturated heterocycles. The molecule has 0 aliphatic carbocycles. The molecule has 1 aliphatic rings.